The van der Waals surface area contributed by atoms with Crippen LogP contribution in [0.25, 0.3) is 0 Å². The Balaban J connectivity index is 2.49. The van der Waals surface area contributed by atoms with Gasteiger partial charge in [0.05, 0.1) is 0 Å². The molecule has 0 fully saturated rings. The summed E-state index contributed by atoms with van der Waals surface area (Å²) in [6, 6.07) is 3.87. The minimum absolute atomic E-state index is 0.212. The Bertz CT molecular complexity index is 337. The van der Waals surface area contributed by atoms with Crippen LogP contribution in [0.3, 0.4) is 0 Å². The third-order valence-corrected chi connectivity index (χ3v) is 2.28. The first kappa shape index (κ1) is 6.88. The van der Waals surface area contributed by atoms with Crippen LogP contribution >= 0.6 is 0 Å². The number of fused-ring (bicyclic) bond motifs is 2. The first-order valence-electron chi connectivity index (χ1n) is 3.77. The molecular formula is C10H6N2. The fourth-order valence-corrected chi connectivity index (χ4v) is 1.73. The summed E-state index contributed by atoms with van der Waals surface area (Å²) in [6.45, 7) is 0. The predicted molar refractivity (Wildman–Crippen MR) is 43.5 cm³/mol. The van der Waals surface area contributed by atoms with E-state index >= 15 is 0 Å². The zero-order valence-corrected chi connectivity index (χ0v) is 6.36. The zero-order valence-electron chi connectivity index (χ0n) is 6.36. The van der Waals surface area contributed by atoms with Gasteiger partial charge in [0.15, 0.2) is 0 Å². The molecule has 0 N–H and O–H groups in total. The Morgan fingerprint density at radius 2 is 1.42 bits per heavy atom. The number of nitrogens with zero attached hydrogens (tertiary/aromatic N) is 2. The molecule has 0 aromatic carbocycles. The summed E-state index contributed by atoms with van der Waals surface area (Å²) < 4.78 is 0. The number of nitriles is 2. The number of hydrogen-bond acceptors (Lipinski definition) is 2. The van der Waals surface area contributed by atoms with E-state index in [0.717, 1.165) is 5.57 Å². The summed E-state index contributed by atoms with van der Waals surface area (Å²) in [5.74, 6) is 0.425. The lowest BCUT2D eigenvalue weighted by Crippen LogP contribution is -1.95. The van der Waals surface area contributed by atoms with Crippen molar-refractivity contribution in [3.05, 3.63) is 35.5 Å². The van der Waals surface area contributed by atoms with Gasteiger partial charge < -0.3 is 0 Å². The standard InChI is InChI=1S/C10H6N2/c11-5-9(6-12)10-7-1-2-8(10)4-3-7/h1-4,7-8H. The molecule has 2 aliphatic rings. The molecule has 0 aromatic rings. The van der Waals surface area contributed by atoms with E-state index in [9.17, 15) is 0 Å². The molecule has 0 unspecified atom stereocenters. The van der Waals surface area contributed by atoms with E-state index in [0.29, 0.717) is 0 Å². The summed E-state index contributed by atoms with van der Waals surface area (Å²) >= 11 is 0. The van der Waals surface area contributed by atoms with Crippen LogP contribution in [-0.2, 0) is 0 Å². The van der Waals surface area contributed by atoms with Crippen molar-refractivity contribution in [2.45, 2.75) is 0 Å². The van der Waals surface area contributed by atoms with Crippen molar-refractivity contribution in [3.63, 3.8) is 0 Å². The van der Waals surface area contributed by atoms with Crippen molar-refractivity contribution in [1.82, 2.24) is 0 Å². The van der Waals surface area contributed by atoms with Crippen LogP contribution in [0.15, 0.2) is 35.5 Å². The smallest absolute Gasteiger partial charge is 0.130 e. The highest BCUT2D eigenvalue weighted by Crippen LogP contribution is 2.39. The molecular weight excluding hydrogens is 148 g/mol. The number of hydrogen-bond donors (Lipinski definition) is 0. The van der Waals surface area contributed by atoms with E-state index in [1.54, 1.807) is 0 Å². The van der Waals surface area contributed by atoms with Crippen LogP contribution in [0.1, 0.15) is 0 Å². The van der Waals surface area contributed by atoms with Gasteiger partial charge in [-0.2, -0.15) is 10.5 Å². The topological polar surface area (TPSA) is 47.6 Å². The Kier molecular flexibility index (Phi) is 1.35. The molecule has 0 aromatic heterocycles. The molecule has 2 heteroatoms. The molecule has 0 saturated carbocycles. The third kappa shape index (κ3) is 0.726. The maximum absolute atomic E-state index is 8.66. The van der Waals surface area contributed by atoms with E-state index in [-0.39, 0.29) is 17.4 Å². The Hall–Kier alpha value is -1.80. The number of rotatable bonds is 0. The molecule has 2 bridgehead atoms. The maximum Gasteiger partial charge on any atom is 0.130 e. The molecule has 0 radical (unpaired) electrons. The quantitative estimate of drug-likeness (QED) is 0.394. The van der Waals surface area contributed by atoms with Crippen LogP contribution in [0.2, 0.25) is 0 Å². The van der Waals surface area contributed by atoms with Gasteiger partial charge in [0, 0.05) is 11.8 Å². The summed E-state index contributed by atoms with van der Waals surface area (Å²) in [4.78, 5) is 0. The van der Waals surface area contributed by atoms with Crippen molar-refractivity contribution in [3.8, 4) is 12.1 Å². The van der Waals surface area contributed by atoms with Crippen LogP contribution in [0.4, 0.5) is 0 Å². The fourth-order valence-electron chi connectivity index (χ4n) is 1.73. The van der Waals surface area contributed by atoms with Gasteiger partial charge >= 0.3 is 0 Å². The fraction of sp³-hybridized carbons (Fsp3) is 0.200. The van der Waals surface area contributed by atoms with E-state index in [2.05, 4.69) is 0 Å². The molecule has 0 atom stereocenters. The molecule has 56 valence electrons. The van der Waals surface area contributed by atoms with Gasteiger partial charge in [0.2, 0.25) is 0 Å². The predicted octanol–water partition coefficient (Wildman–Crippen LogP) is 1.70. The largest absolute Gasteiger partial charge is 0.192 e. The molecule has 0 saturated heterocycles. The van der Waals surface area contributed by atoms with E-state index in [1.165, 1.54) is 0 Å². The lowest BCUT2D eigenvalue weighted by molar-refractivity contribution is 0.947. The zero-order chi connectivity index (χ0) is 8.55. The van der Waals surface area contributed by atoms with Gasteiger partial charge in [0.1, 0.15) is 17.7 Å². The first-order chi connectivity index (χ1) is 5.86. The van der Waals surface area contributed by atoms with Crippen LogP contribution in [-0.4, -0.2) is 0 Å². The maximum atomic E-state index is 8.66. The van der Waals surface area contributed by atoms with Crippen LogP contribution < -0.4 is 0 Å². The van der Waals surface area contributed by atoms with E-state index < -0.39 is 0 Å². The van der Waals surface area contributed by atoms with E-state index in [4.69, 9.17) is 10.5 Å². The lowest BCUT2D eigenvalue weighted by atomic mass is 9.98. The Morgan fingerprint density at radius 3 is 1.75 bits per heavy atom. The van der Waals surface area contributed by atoms with Gasteiger partial charge in [-0.25, -0.2) is 0 Å². The monoisotopic (exact) mass is 154 g/mol. The molecule has 0 aliphatic heterocycles. The third-order valence-electron chi connectivity index (χ3n) is 2.28. The Labute approximate surface area is 70.7 Å². The molecule has 12 heavy (non-hydrogen) atoms. The number of allylic oxidation sites excluding steroid dienone is 6. The van der Waals surface area contributed by atoms with Gasteiger partial charge in [0.25, 0.3) is 0 Å². The normalized spacial score (nSPS) is 28.7. The average molecular weight is 154 g/mol. The lowest BCUT2D eigenvalue weighted by Gasteiger charge is -2.02. The highest BCUT2D eigenvalue weighted by molar-refractivity contribution is 5.52. The molecule has 2 aliphatic carbocycles. The molecule has 2 rings (SSSR count). The molecule has 2 nitrogen and oxygen atoms in total. The molecule has 0 spiro atoms. The minimum atomic E-state index is 0.212. The van der Waals surface area contributed by atoms with Gasteiger partial charge in [-0.05, 0) is 5.57 Å². The average Bonchev–Trinajstić information content (AvgIpc) is 2.68. The van der Waals surface area contributed by atoms with Crippen LogP contribution in [0, 0.1) is 34.5 Å². The van der Waals surface area contributed by atoms with Crippen molar-refractivity contribution >= 4 is 0 Å². The minimum Gasteiger partial charge on any atom is -0.192 e. The second kappa shape index (κ2) is 2.36. The van der Waals surface area contributed by atoms with E-state index in [1.807, 2.05) is 36.4 Å². The van der Waals surface area contributed by atoms with Crippen molar-refractivity contribution in [1.29, 1.82) is 10.5 Å². The van der Waals surface area contributed by atoms with Crippen molar-refractivity contribution < 1.29 is 0 Å². The van der Waals surface area contributed by atoms with Gasteiger partial charge in [-0.1, -0.05) is 24.3 Å². The highest BCUT2D eigenvalue weighted by Gasteiger charge is 2.29. The second-order valence-corrected chi connectivity index (χ2v) is 2.88. The van der Waals surface area contributed by atoms with Gasteiger partial charge in [-0.15, -0.1) is 0 Å². The van der Waals surface area contributed by atoms with Crippen LogP contribution in [0.5, 0.6) is 0 Å². The SMILES string of the molecule is N#CC(C#N)=C1C2C=CC1C=C2. The summed E-state index contributed by atoms with van der Waals surface area (Å²) in [7, 11) is 0. The Morgan fingerprint density at radius 1 is 1.00 bits per heavy atom. The van der Waals surface area contributed by atoms with Crippen molar-refractivity contribution in [2.24, 2.45) is 11.8 Å². The first-order valence-corrected chi connectivity index (χ1v) is 3.77. The second-order valence-electron chi connectivity index (χ2n) is 2.88. The molecule has 0 amide bonds. The highest BCUT2D eigenvalue weighted by atomic mass is 14.4. The van der Waals surface area contributed by atoms with Gasteiger partial charge in [-0.3, -0.25) is 0 Å². The summed E-state index contributed by atoms with van der Waals surface area (Å²) in [5.41, 5.74) is 1.24. The summed E-state index contributed by atoms with van der Waals surface area (Å²) in [5, 5.41) is 17.3. The summed E-state index contributed by atoms with van der Waals surface area (Å²) in [6.07, 6.45) is 8.15. The molecule has 0 heterocycles. The van der Waals surface area contributed by atoms with Crippen molar-refractivity contribution in [2.75, 3.05) is 0 Å².